The van der Waals surface area contributed by atoms with Crippen molar-refractivity contribution in [1.29, 1.82) is 0 Å². The van der Waals surface area contributed by atoms with E-state index in [0.29, 0.717) is 12.3 Å². The first-order chi connectivity index (χ1) is 5.16. The van der Waals surface area contributed by atoms with E-state index in [-0.39, 0.29) is 18.7 Å². The van der Waals surface area contributed by atoms with Crippen LogP contribution in [0.5, 0.6) is 0 Å². The second kappa shape index (κ2) is 3.22. The van der Waals surface area contributed by atoms with E-state index >= 15 is 0 Å². The number of aliphatic hydroxyl groups is 1. The van der Waals surface area contributed by atoms with Crippen LogP contribution >= 0.6 is 0 Å². The summed E-state index contributed by atoms with van der Waals surface area (Å²) in [5.74, 6) is 0.541. The summed E-state index contributed by atoms with van der Waals surface area (Å²) in [6.07, 6.45) is 1.50. The Hall–Kier alpha value is -0.570. The number of rotatable bonds is 2. The van der Waals surface area contributed by atoms with Crippen LogP contribution in [-0.2, 0) is 4.79 Å². The number of hydrogen-bond acceptors (Lipinski definition) is 2. The Kier molecular flexibility index (Phi) is 2.49. The summed E-state index contributed by atoms with van der Waals surface area (Å²) in [5.41, 5.74) is 0. The third-order valence-electron chi connectivity index (χ3n) is 2.30. The first kappa shape index (κ1) is 8.53. The zero-order valence-electron chi connectivity index (χ0n) is 7.08. The first-order valence-electron chi connectivity index (χ1n) is 4.07. The molecule has 0 aromatic heterocycles. The topological polar surface area (TPSA) is 40.5 Å². The molecule has 11 heavy (non-hydrogen) atoms. The van der Waals surface area contributed by atoms with E-state index in [9.17, 15) is 4.79 Å². The lowest BCUT2D eigenvalue weighted by Gasteiger charge is -2.25. The molecule has 1 atom stereocenters. The summed E-state index contributed by atoms with van der Waals surface area (Å²) in [6.45, 7) is 4.03. The molecule has 0 spiro atoms. The molecule has 1 saturated heterocycles. The third-order valence-corrected chi connectivity index (χ3v) is 2.30. The summed E-state index contributed by atoms with van der Waals surface area (Å²) in [5, 5.41) is 8.86. The molecule has 1 N–H and O–H groups in total. The first-order valence-corrected chi connectivity index (χ1v) is 4.07. The average molecular weight is 157 g/mol. The molecule has 0 aromatic rings. The Morgan fingerprint density at radius 1 is 1.73 bits per heavy atom. The van der Waals surface area contributed by atoms with Gasteiger partial charge in [0.2, 0.25) is 5.91 Å². The molecule has 0 unspecified atom stereocenters. The summed E-state index contributed by atoms with van der Waals surface area (Å²) < 4.78 is 0. The van der Waals surface area contributed by atoms with Gasteiger partial charge in [0.25, 0.3) is 0 Å². The standard InChI is InChI=1S/C8H15NO2/c1-6(2)7-3-4-8(11)9(7)5-10/h6-7,10H,3-5H2,1-2H3/t7-/m1/s1. The lowest BCUT2D eigenvalue weighted by atomic mass is 10.0. The van der Waals surface area contributed by atoms with E-state index in [0.717, 1.165) is 6.42 Å². The molecule has 1 aliphatic rings. The van der Waals surface area contributed by atoms with Crippen molar-refractivity contribution >= 4 is 5.91 Å². The van der Waals surface area contributed by atoms with E-state index in [1.54, 1.807) is 4.90 Å². The van der Waals surface area contributed by atoms with Crippen LogP contribution in [0, 0.1) is 5.92 Å². The molecule has 0 bridgehead atoms. The Bertz CT molecular complexity index is 156. The molecule has 0 saturated carbocycles. The van der Waals surface area contributed by atoms with Gasteiger partial charge in [0.1, 0.15) is 6.73 Å². The maximum atomic E-state index is 11.1. The van der Waals surface area contributed by atoms with Gasteiger partial charge in [0.15, 0.2) is 0 Å². The minimum Gasteiger partial charge on any atom is -0.376 e. The molecular weight excluding hydrogens is 142 g/mol. The van der Waals surface area contributed by atoms with Gasteiger partial charge in [-0.15, -0.1) is 0 Å². The highest BCUT2D eigenvalue weighted by molar-refractivity contribution is 5.78. The van der Waals surface area contributed by atoms with Gasteiger partial charge in [-0.05, 0) is 12.3 Å². The number of likely N-dealkylation sites (tertiary alicyclic amines) is 1. The zero-order chi connectivity index (χ0) is 8.43. The van der Waals surface area contributed by atoms with Crippen LogP contribution < -0.4 is 0 Å². The molecule has 1 heterocycles. The number of amides is 1. The smallest absolute Gasteiger partial charge is 0.224 e. The van der Waals surface area contributed by atoms with E-state index in [4.69, 9.17) is 5.11 Å². The fourth-order valence-electron chi connectivity index (χ4n) is 1.63. The van der Waals surface area contributed by atoms with Crippen molar-refractivity contribution in [3.8, 4) is 0 Å². The molecular formula is C8H15NO2. The van der Waals surface area contributed by atoms with Gasteiger partial charge in [0.05, 0.1) is 0 Å². The molecule has 0 radical (unpaired) electrons. The number of hydrogen-bond donors (Lipinski definition) is 1. The molecule has 1 aliphatic heterocycles. The van der Waals surface area contributed by atoms with Crippen LogP contribution in [0.2, 0.25) is 0 Å². The molecule has 0 aromatic carbocycles. The number of carbonyl (C=O) groups excluding carboxylic acids is 1. The fourth-order valence-corrected chi connectivity index (χ4v) is 1.63. The molecule has 3 nitrogen and oxygen atoms in total. The summed E-state index contributed by atoms with van der Waals surface area (Å²) >= 11 is 0. The van der Waals surface area contributed by atoms with Crippen molar-refractivity contribution in [2.75, 3.05) is 6.73 Å². The number of aliphatic hydroxyl groups excluding tert-OH is 1. The summed E-state index contributed by atoms with van der Waals surface area (Å²) in [7, 11) is 0. The third kappa shape index (κ3) is 1.53. The van der Waals surface area contributed by atoms with Crippen LogP contribution in [0.1, 0.15) is 26.7 Å². The Labute approximate surface area is 67.0 Å². The van der Waals surface area contributed by atoms with E-state index in [1.165, 1.54) is 0 Å². The largest absolute Gasteiger partial charge is 0.376 e. The summed E-state index contributed by atoms with van der Waals surface area (Å²) in [4.78, 5) is 12.6. The van der Waals surface area contributed by atoms with E-state index < -0.39 is 0 Å². The van der Waals surface area contributed by atoms with Crippen LogP contribution in [0.4, 0.5) is 0 Å². The number of carbonyl (C=O) groups is 1. The Morgan fingerprint density at radius 2 is 2.36 bits per heavy atom. The van der Waals surface area contributed by atoms with Gasteiger partial charge >= 0.3 is 0 Å². The minimum atomic E-state index is -0.123. The molecule has 3 heteroatoms. The minimum absolute atomic E-state index is 0.0891. The average Bonchev–Trinajstić information content (AvgIpc) is 2.30. The quantitative estimate of drug-likeness (QED) is 0.637. The van der Waals surface area contributed by atoms with Gasteiger partial charge in [-0.2, -0.15) is 0 Å². The van der Waals surface area contributed by atoms with Crippen molar-refractivity contribution in [3.63, 3.8) is 0 Å². The van der Waals surface area contributed by atoms with Crippen LogP contribution in [-0.4, -0.2) is 28.7 Å². The monoisotopic (exact) mass is 157 g/mol. The van der Waals surface area contributed by atoms with Gasteiger partial charge in [0, 0.05) is 12.5 Å². The van der Waals surface area contributed by atoms with Crippen molar-refractivity contribution < 1.29 is 9.90 Å². The van der Waals surface area contributed by atoms with Crippen LogP contribution in [0.25, 0.3) is 0 Å². The van der Waals surface area contributed by atoms with Crippen LogP contribution in [0.3, 0.4) is 0 Å². The van der Waals surface area contributed by atoms with Gasteiger partial charge < -0.3 is 10.0 Å². The lowest BCUT2D eigenvalue weighted by molar-refractivity contribution is -0.133. The lowest BCUT2D eigenvalue weighted by Crippen LogP contribution is -2.36. The highest BCUT2D eigenvalue weighted by atomic mass is 16.3. The van der Waals surface area contributed by atoms with Crippen molar-refractivity contribution in [2.24, 2.45) is 5.92 Å². The van der Waals surface area contributed by atoms with Gasteiger partial charge in [-0.3, -0.25) is 4.79 Å². The molecule has 1 amide bonds. The molecule has 0 aliphatic carbocycles. The van der Waals surface area contributed by atoms with E-state index in [1.807, 2.05) is 0 Å². The van der Waals surface area contributed by atoms with Gasteiger partial charge in [-0.25, -0.2) is 0 Å². The molecule has 1 fully saturated rings. The second-order valence-electron chi connectivity index (χ2n) is 3.35. The van der Waals surface area contributed by atoms with Crippen molar-refractivity contribution in [2.45, 2.75) is 32.7 Å². The van der Waals surface area contributed by atoms with Gasteiger partial charge in [-0.1, -0.05) is 13.8 Å². The zero-order valence-corrected chi connectivity index (χ0v) is 7.08. The molecule has 64 valence electrons. The number of nitrogens with zero attached hydrogens (tertiary/aromatic N) is 1. The molecule has 1 rings (SSSR count). The highest BCUT2D eigenvalue weighted by Gasteiger charge is 2.31. The Balaban J connectivity index is 2.61. The van der Waals surface area contributed by atoms with Crippen molar-refractivity contribution in [3.05, 3.63) is 0 Å². The highest BCUT2D eigenvalue weighted by Crippen LogP contribution is 2.23. The Morgan fingerprint density at radius 3 is 2.73 bits per heavy atom. The normalized spacial score (nSPS) is 25.3. The maximum Gasteiger partial charge on any atom is 0.224 e. The summed E-state index contributed by atoms with van der Waals surface area (Å²) in [6, 6.07) is 0.257. The fraction of sp³-hybridized carbons (Fsp3) is 0.875. The van der Waals surface area contributed by atoms with Crippen LogP contribution in [0.15, 0.2) is 0 Å². The predicted octanol–water partition coefficient (Wildman–Crippen LogP) is 0.583. The second-order valence-corrected chi connectivity index (χ2v) is 3.35. The van der Waals surface area contributed by atoms with E-state index in [2.05, 4.69) is 13.8 Å². The van der Waals surface area contributed by atoms with Crippen molar-refractivity contribution in [1.82, 2.24) is 4.90 Å². The predicted molar refractivity (Wildman–Crippen MR) is 41.8 cm³/mol. The SMILES string of the molecule is CC(C)[C@H]1CCC(=O)N1CO. The maximum absolute atomic E-state index is 11.1.